The van der Waals surface area contributed by atoms with Crippen LogP contribution in [0.1, 0.15) is 18.2 Å². The molecule has 38 heavy (non-hydrogen) atoms. The first-order chi connectivity index (χ1) is 17.8. The van der Waals surface area contributed by atoms with Crippen LogP contribution >= 0.6 is 23.5 Å². The Morgan fingerprint density at radius 1 is 1.24 bits per heavy atom. The average Bonchev–Trinajstić information content (AvgIpc) is 3.36. The molecule has 23 heteroatoms. The van der Waals surface area contributed by atoms with Gasteiger partial charge in [-0.05, 0) is 5.53 Å². The molecular formula is C15H17N8O12P3-4. The van der Waals surface area contributed by atoms with Crippen LogP contribution in [0, 0.1) is 11.8 Å². The van der Waals surface area contributed by atoms with E-state index in [1.807, 2.05) is 0 Å². The molecule has 2 aromatic heterocycles. The molecule has 1 saturated heterocycles. The third-order valence-corrected chi connectivity index (χ3v) is 8.33. The smallest absolute Gasteiger partial charge is 0.278 e. The Kier molecular flexibility index (Phi) is 9.66. The Balaban J connectivity index is 1.83. The highest BCUT2D eigenvalue weighted by molar-refractivity contribution is 7.64. The predicted molar refractivity (Wildman–Crippen MR) is 116 cm³/mol. The van der Waals surface area contributed by atoms with E-state index in [1.165, 1.54) is 17.1 Å². The molecule has 0 radical (unpaired) electrons. The highest BCUT2D eigenvalue weighted by Gasteiger charge is 2.39. The zero-order chi connectivity index (χ0) is 28.1. The first-order valence-corrected chi connectivity index (χ1v) is 14.4. The predicted octanol–water partition coefficient (Wildman–Crippen LogP) is -1.92. The number of aromatic nitrogens is 3. The third-order valence-electron chi connectivity index (χ3n) is 4.66. The van der Waals surface area contributed by atoms with Crippen LogP contribution in [-0.4, -0.2) is 46.6 Å². The minimum atomic E-state index is -6.15. The van der Waals surface area contributed by atoms with Gasteiger partial charge in [0.25, 0.3) is 15.6 Å². The lowest BCUT2D eigenvalue weighted by Crippen LogP contribution is -2.30. The van der Waals surface area contributed by atoms with E-state index in [4.69, 9.17) is 26.5 Å². The highest BCUT2D eigenvalue weighted by Crippen LogP contribution is 2.60. The van der Waals surface area contributed by atoms with Gasteiger partial charge in [-0.25, -0.2) is 14.3 Å². The summed E-state index contributed by atoms with van der Waals surface area (Å²) in [6.45, 7) is -1.35. The maximum atomic E-state index is 11.9. The van der Waals surface area contributed by atoms with Crippen molar-refractivity contribution in [2.75, 3.05) is 25.6 Å². The standard InChI is InChI=1S/C15H21N8O12P3/c16-3-1-2-9-5-23(15-13(9)14(17)19-7-20-15)12-4-10(31-8-21-22-18)11(33-12)6-32-37(27,28)35-38(29,30)34-36(24,25)26/h5,7,10-12H,3-4,6,8,16H2,(H,27,28)(H,29,30)(H2,17,19,20)(H2,24,25,26)/p-4/t10-,11-,12-/m0/s1. The van der Waals surface area contributed by atoms with Crippen LogP contribution in [0.2, 0.25) is 0 Å². The molecule has 0 bridgehead atoms. The summed E-state index contributed by atoms with van der Waals surface area (Å²) in [7, 11) is -18.1. The van der Waals surface area contributed by atoms with Crippen molar-refractivity contribution in [1.82, 2.24) is 14.5 Å². The second-order valence-corrected chi connectivity index (χ2v) is 11.4. The van der Waals surface area contributed by atoms with E-state index in [0.717, 1.165) is 0 Å². The van der Waals surface area contributed by atoms with Gasteiger partial charge in [0.2, 0.25) is 0 Å². The number of azide groups is 1. The normalized spacial score (nSPS) is 22.7. The van der Waals surface area contributed by atoms with Crippen molar-refractivity contribution in [1.29, 1.82) is 0 Å². The SMILES string of the molecule is [N-]=[N+]=NCO[C@H]1C[C@@H](n2cc(C#CCN)c3c(N)ncnc32)O[C@H]1COP(=O)([O-])OP(=O)([O-])OP(=O)([O-])[O-]. The number of nitrogens with zero attached hydrogens (tertiary/aromatic N) is 6. The fourth-order valence-electron chi connectivity index (χ4n) is 3.37. The van der Waals surface area contributed by atoms with Crippen LogP contribution in [0.15, 0.2) is 17.6 Å². The number of phosphoric acid groups is 3. The van der Waals surface area contributed by atoms with Gasteiger partial charge in [0.1, 0.15) is 36.9 Å². The van der Waals surface area contributed by atoms with Crippen LogP contribution in [0.5, 0.6) is 0 Å². The molecule has 0 aromatic carbocycles. The van der Waals surface area contributed by atoms with Crippen LogP contribution < -0.4 is 31.0 Å². The maximum absolute atomic E-state index is 11.9. The Morgan fingerprint density at radius 3 is 2.63 bits per heavy atom. The lowest BCUT2D eigenvalue weighted by molar-refractivity contribution is -0.339. The molecule has 0 saturated carbocycles. The molecular weight excluding hydrogens is 577 g/mol. The largest absolute Gasteiger partial charge is 0.790 e. The molecule has 0 spiro atoms. The number of nitrogens with two attached hydrogens (primary N) is 2. The maximum Gasteiger partial charge on any atom is 0.278 e. The third kappa shape index (κ3) is 8.04. The number of phosphoric ester groups is 1. The topological polar surface area (TPSA) is 321 Å². The number of ether oxygens (including phenoxy) is 2. The molecule has 0 aliphatic carbocycles. The van der Waals surface area contributed by atoms with Crippen molar-refractivity contribution < 1.29 is 55.9 Å². The molecule has 3 heterocycles. The van der Waals surface area contributed by atoms with Gasteiger partial charge >= 0.3 is 0 Å². The molecule has 1 aliphatic heterocycles. The van der Waals surface area contributed by atoms with Crippen molar-refractivity contribution in [3.8, 4) is 11.8 Å². The minimum absolute atomic E-state index is 0.00907. The number of fused-ring (bicyclic) bond motifs is 1. The van der Waals surface area contributed by atoms with E-state index < -0.39 is 55.2 Å². The van der Waals surface area contributed by atoms with Gasteiger partial charge in [0, 0.05) is 17.5 Å². The molecule has 5 atom stereocenters. The minimum Gasteiger partial charge on any atom is -0.790 e. The summed E-state index contributed by atoms with van der Waals surface area (Å²) in [5.74, 6) is 5.61. The number of hydrogen-bond donors (Lipinski definition) is 2. The van der Waals surface area contributed by atoms with Gasteiger partial charge in [-0.3, -0.25) is 13.4 Å². The fraction of sp³-hybridized carbons (Fsp3) is 0.467. The molecule has 2 aromatic rings. The number of anilines is 1. The van der Waals surface area contributed by atoms with Gasteiger partial charge in [0.05, 0.1) is 38.0 Å². The number of rotatable bonds is 11. The van der Waals surface area contributed by atoms with E-state index in [-0.39, 0.29) is 18.8 Å². The Morgan fingerprint density at radius 2 is 1.97 bits per heavy atom. The monoisotopic (exact) mass is 594 g/mol. The molecule has 2 unspecified atom stereocenters. The van der Waals surface area contributed by atoms with Gasteiger partial charge in [-0.15, -0.1) is 0 Å². The lowest BCUT2D eigenvalue weighted by Gasteiger charge is -2.37. The highest BCUT2D eigenvalue weighted by atomic mass is 31.3. The van der Waals surface area contributed by atoms with E-state index in [1.54, 1.807) is 0 Å². The van der Waals surface area contributed by atoms with Crippen molar-refractivity contribution >= 4 is 40.3 Å². The van der Waals surface area contributed by atoms with Crippen LogP contribution in [0.3, 0.4) is 0 Å². The van der Waals surface area contributed by atoms with Crippen molar-refractivity contribution in [2.24, 2.45) is 10.8 Å². The Hall–Kier alpha value is -2.42. The molecule has 208 valence electrons. The summed E-state index contributed by atoms with van der Waals surface area (Å²) >= 11 is 0. The van der Waals surface area contributed by atoms with Gasteiger partial charge in [0.15, 0.2) is 0 Å². The molecule has 0 amide bonds. The first kappa shape index (κ1) is 30.1. The molecule has 1 aliphatic rings. The first-order valence-electron chi connectivity index (χ1n) is 10.0. The van der Waals surface area contributed by atoms with Crippen LogP contribution in [-0.2, 0) is 36.3 Å². The lowest BCUT2D eigenvalue weighted by atomic mass is 10.2. The van der Waals surface area contributed by atoms with Gasteiger partial charge in [-0.1, -0.05) is 17.0 Å². The summed E-state index contributed by atoms with van der Waals surface area (Å²) in [6, 6.07) is 0. The molecule has 1 fully saturated rings. The zero-order valence-corrected chi connectivity index (χ0v) is 21.5. The van der Waals surface area contributed by atoms with Crippen LogP contribution in [0.4, 0.5) is 5.82 Å². The van der Waals surface area contributed by atoms with Crippen molar-refractivity contribution in [2.45, 2.75) is 24.9 Å². The second kappa shape index (κ2) is 12.2. The summed E-state index contributed by atoms with van der Waals surface area (Å²) < 4.78 is 57.7. The van der Waals surface area contributed by atoms with Gasteiger partial charge in [-0.2, -0.15) is 0 Å². The van der Waals surface area contributed by atoms with E-state index in [9.17, 15) is 33.3 Å². The Bertz CT molecular complexity index is 1430. The fourth-order valence-corrected chi connectivity index (χ4v) is 6.23. The Labute approximate surface area is 212 Å². The second-order valence-electron chi connectivity index (χ2n) is 7.14. The molecule has 20 nitrogen and oxygen atoms in total. The van der Waals surface area contributed by atoms with Crippen molar-refractivity contribution in [3.63, 3.8) is 0 Å². The van der Waals surface area contributed by atoms with Crippen LogP contribution in [0.25, 0.3) is 21.5 Å². The van der Waals surface area contributed by atoms with Gasteiger partial charge < -0.3 is 54.2 Å². The van der Waals surface area contributed by atoms with E-state index >= 15 is 0 Å². The molecule has 3 rings (SSSR count). The quantitative estimate of drug-likeness (QED) is 0.0941. The van der Waals surface area contributed by atoms with E-state index in [0.29, 0.717) is 16.6 Å². The number of nitrogen functional groups attached to an aromatic ring is 1. The van der Waals surface area contributed by atoms with Crippen molar-refractivity contribution in [3.05, 3.63) is 28.5 Å². The summed E-state index contributed by atoms with van der Waals surface area (Å²) in [5, 5.41) is 3.61. The van der Waals surface area contributed by atoms with E-state index in [2.05, 4.69) is 45.0 Å². The summed E-state index contributed by atoms with van der Waals surface area (Å²) in [6.07, 6.45) is -0.400. The summed E-state index contributed by atoms with van der Waals surface area (Å²) in [5.41, 5.74) is 20.6. The average molecular weight is 594 g/mol. The molecule has 4 N–H and O–H groups in total. The zero-order valence-electron chi connectivity index (χ0n) is 18.8. The number of hydrogen-bond acceptors (Lipinski definition) is 17. The summed E-state index contributed by atoms with van der Waals surface area (Å²) in [4.78, 5) is 54.9.